The molecule has 0 amide bonds. The van der Waals surface area contributed by atoms with Gasteiger partial charge in [-0.05, 0) is 18.2 Å². The molecule has 0 bridgehead atoms. The van der Waals surface area contributed by atoms with Gasteiger partial charge < -0.3 is 14.6 Å². The number of hydrogen-bond donors (Lipinski definition) is 1. The van der Waals surface area contributed by atoms with E-state index in [1.165, 1.54) is 31.4 Å². The minimum absolute atomic E-state index is 0.0498. The fourth-order valence-electron chi connectivity index (χ4n) is 1.81. The number of carboxylic acid groups (broad SMARTS) is 1. The molecule has 0 radical (unpaired) electrons. The summed E-state index contributed by atoms with van der Waals surface area (Å²) in [7, 11) is 1.33. The molecule has 0 aromatic heterocycles. The Balaban J connectivity index is 2.25. The summed E-state index contributed by atoms with van der Waals surface area (Å²) in [4.78, 5) is 11.0. The van der Waals surface area contributed by atoms with E-state index in [4.69, 9.17) is 14.6 Å². The lowest BCUT2D eigenvalue weighted by Gasteiger charge is -2.11. The van der Waals surface area contributed by atoms with Crippen molar-refractivity contribution in [2.75, 3.05) is 7.11 Å². The molecule has 2 rings (SSSR count). The Morgan fingerprint density at radius 1 is 1.14 bits per heavy atom. The van der Waals surface area contributed by atoms with Crippen LogP contribution in [-0.4, -0.2) is 18.2 Å². The van der Waals surface area contributed by atoms with Crippen molar-refractivity contribution in [1.29, 1.82) is 0 Å². The van der Waals surface area contributed by atoms with Crippen LogP contribution in [-0.2, 0) is 6.61 Å². The topological polar surface area (TPSA) is 55.8 Å². The Kier molecular flexibility index (Phi) is 4.37. The summed E-state index contributed by atoms with van der Waals surface area (Å²) in [5, 5.41) is 8.97. The van der Waals surface area contributed by atoms with Crippen molar-refractivity contribution in [2.45, 2.75) is 6.61 Å². The van der Waals surface area contributed by atoms with Gasteiger partial charge >= 0.3 is 5.97 Å². The van der Waals surface area contributed by atoms with Crippen LogP contribution >= 0.6 is 0 Å². The van der Waals surface area contributed by atoms with E-state index in [0.29, 0.717) is 0 Å². The molecule has 0 saturated heterocycles. The highest BCUT2D eigenvalue weighted by molar-refractivity contribution is 5.91. The Hall–Kier alpha value is -2.63. The monoisotopic (exact) mass is 294 g/mol. The standard InChI is InChI=1S/C15H12F2O4/c1-20-12-7-2-4-9(14(12)17)8-21-11-6-3-5-10(16)13(11)15(18)19/h2-7H,8H2,1H3,(H,18,19). The van der Waals surface area contributed by atoms with E-state index >= 15 is 0 Å². The van der Waals surface area contributed by atoms with Crippen LogP contribution in [0.15, 0.2) is 36.4 Å². The minimum atomic E-state index is -1.45. The van der Waals surface area contributed by atoms with Crippen LogP contribution in [0.2, 0.25) is 0 Å². The second-order valence-electron chi connectivity index (χ2n) is 4.14. The molecule has 2 aromatic rings. The van der Waals surface area contributed by atoms with E-state index < -0.39 is 23.2 Å². The van der Waals surface area contributed by atoms with Gasteiger partial charge in [0, 0.05) is 5.56 Å². The maximum atomic E-state index is 13.9. The smallest absolute Gasteiger partial charge is 0.342 e. The number of carboxylic acids is 1. The lowest BCUT2D eigenvalue weighted by atomic mass is 10.2. The molecule has 0 aliphatic rings. The zero-order valence-electron chi connectivity index (χ0n) is 11.1. The molecule has 0 spiro atoms. The van der Waals surface area contributed by atoms with Crippen molar-refractivity contribution in [3.63, 3.8) is 0 Å². The first-order valence-electron chi connectivity index (χ1n) is 6.00. The predicted molar refractivity (Wildman–Crippen MR) is 70.6 cm³/mol. The van der Waals surface area contributed by atoms with Gasteiger partial charge in [0.15, 0.2) is 11.6 Å². The van der Waals surface area contributed by atoms with Crippen molar-refractivity contribution in [2.24, 2.45) is 0 Å². The summed E-state index contributed by atoms with van der Waals surface area (Å²) in [6.45, 7) is -0.243. The van der Waals surface area contributed by atoms with Crippen LogP contribution < -0.4 is 9.47 Å². The van der Waals surface area contributed by atoms with Crippen LogP contribution in [0.1, 0.15) is 15.9 Å². The average molecular weight is 294 g/mol. The van der Waals surface area contributed by atoms with Crippen molar-refractivity contribution < 1.29 is 28.2 Å². The summed E-state index contributed by atoms with van der Waals surface area (Å²) in [6, 6.07) is 8.14. The van der Waals surface area contributed by atoms with E-state index in [9.17, 15) is 13.6 Å². The highest BCUT2D eigenvalue weighted by Gasteiger charge is 2.17. The van der Waals surface area contributed by atoms with Gasteiger partial charge in [0.2, 0.25) is 0 Å². The Labute approximate surface area is 119 Å². The molecule has 2 aromatic carbocycles. The number of carbonyl (C=O) groups is 1. The van der Waals surface area contributed by atoms with Crippen LogP contribution in [0.25, 0.3) is 0 Å². The molecule has 0 heterocycles. The zero-order chi connectivity index (χ0) is 15.4. The number of hydrogen-bond acceptors (Lipinski definition) is 3. The van der Waals surface area contributed by atoms with Crippen molar-refractivity contribution >= 4 is 5.97 Å². The highest BCUT2D eigenvalue weighted by Crippen LogP contribution is 2.25. The molecular formula is C15H12F2O4. The highest BCUT2D eigenvalue weighted by atomic mass is 19.1. The van der Waals surface area contributed by atoms with Gasteiger partial charge in [-0.1, -0.05) is 18.2 Å². The number of aromatic carboxylic acids is 1. The van der Waals surface area contributed by atoms with Crippen molar-refractivity contribution in [3.8, 4) is 11.5 Å². The second kappa shape index (κ2) is 6.21. The molecule has 0 atom stereocenters. The van der Waals surface area contributed by atoms with Crippen molar-refractivity contribution in [1.82, 2.24) is 0 Å². The number of ether oxygens (including phenoxy) is 2. The molecule has 1 N–H and O–H groups in total. The molecule has 0 fully saturated rings. The lowest BCUT2D eigenvalue weighted by molar-refractivity contribution is 0.0686. The third-order valence-corrected chi connectivity index (χ3v) is 2.84. The fraction of sp³-hybridized carbons (Fsp3) is 0.133. The van der Waals surface area contributed by atoms with Gasteiger partial charge in [-0.3, -0.25) is 0 Å². The quantitative estimate of drug-likeness (QED) is 0.919. The zero-order valence-corrected chi connectivity index (χ0v) is 11.1. The lowest BCUT2D eigenvalue weighted by Crippen LogP contribution is -2.07. The number of rotatable bonds is 5. The maximum Gasteiger partial charge on any atom is 0.342 e. The fourth-order valence-corrected chi connectivity index (χ4v) is 1.81. The van der Waals surface area contributed by atoms with Gasteiger partial charge in [-0.2, -0.15) is 0 Å². The minimum Gasteiger partial charge on any atom is -0.494 e. The molecule has 0 unspecified atom stereocenters. The first-order chi connectivity index (χ1) is 10.0. The predicted octanol–water partition coefficient (Wildman–Crippen LogP) is 3.25. The molecule has 21 heavy (non-hydrogen) atoms. The number of methoxy groups -OCH3 is 1. The van der Waals surface area contributed by atoms with Crippen LogP contribution in [0.3, 0.4) is 0 Å². The molecule has 4 nitrogen and oxygen atoms in total. The van der Waals surface area contributed by atoms with Gasteiger partial charge in [0.05, 0.1) is 7.11 Å². The summed E-state index contributed by atoms with van der Waals surface area (Å²) in [6.07, 6.45) is 0. The van der Waals surface area contributed by atoms with Crippen LogP contribution in [0.5, 0.6) is 11.5 Å². The summed E-state index contributed by atoms with van der Waals surface area (Å²) in [5.74, 6) is -3.08. The van der Waals surface area contributed by atoms with Crippen molar-refractivity contribution in [3.05, 3.63) is 59.2 Å². The maximum absolute atomic E-state index is 13.9. The van der Waals surface area contributed by atoms with Crippen LogP contribution in [0.4, 0.5) is 8.78 Å². The van der Waals surface area contributed by atoms with E-state index in [-0.39, 0.29) is 23.7 Å². The summed E-state index contributed by atoms with van der Waals surface area (Å²) >= 11 is 0. The number of halogens is 2. The third kappa shape index (κ3) is 3.10. The first-order valence-corrected chi connectivity index (χ1v) is 6.00. The van der Waals surface area contributed by atoms with E-state index in [0.717, 1.165) is 6.07 Å². The molecule has 0 saturated carbocycles. The first kappa shape index (κ1) is 14.8. The van der Waals surface area contributed by atoms with E-state index in [1.807, 2.05) is 0 Å². The Morgan fingerprint density at radius 2 is 1.81 bits per heavy atom. The van der Waals surface area contributed by atoms with Crippen LogP contribution in [0, 0.1) is 11.6 Å². The Morgan fingerprint density at radius 3 is 2.48 bits per heavy atom. The normalized spacial score (nSPS) is 10.2. The van der Waals surface area contributed by atoms with Gasteiger partial charge in [-0.15, -0.1) is 0 Å². The van der Waals surface area contributed by atoms with Gasteiger partial charge in [-0.25, -0.2) is 13.6 Å². The van der Waals surface area contributed by atoms with E-state index in [1.54, 1.807) is 6.07 Å². The molecule has 0 aliphatic carbocycles. The molecule has 0 aliphatic heterocycles. The summed E-state index contributed by atoms with van der Waals surface area (Å²) < 4.78 is 37.5. The second-order valence-corrected chi connectivity index (χ2v) is 4.14. The third-order valence-electron chi connectivity index (χ3n) is 2.84. The Bertz CT molecular complexity index is 671. The van der Waals surface area contributed by atoms with Gasteiger partial charge in [0.1, 0.15) is 23.7 Å². The SMILES string of the molecule is COc1cccc(COc2cccc(F)c2C(=O)O)c1F. The number of benzene rings is 2. The molecule has 110 valence electrons. The molecular weight excluding hydrogens is 282 g/mol. The van der Waals surface area contributed by atoms with E-state index in [2.05, 4.69) is 0 Å². The summed E-state index contributed by atoms with van der Waals surface area (Å²) in [5.41, 5.74) is -0.407. The van der Waals surface area contributed by atoms with Gasteiger partial charge in [0.25, 0.3) is 0 Å². The average Bonchev–Trinajstić information content (AvgIpc) is 2.45. The molecule has 6 heteroatoms. The largest absolute Gasteiger partial charge is 0.494 e.